The fraction of sp³-hybridized carbons (Fsp3) is 0. The molecule has 0 bridgehead atoms. The quantitative estimate of drug-likeness (QED) is 0.723. The Hall–Kier alpha value is -0.490. The largest absolute Gasteiger partial charge is 0.332 e. The lowest BCUT2D eigenvalue weighted by Crippen LogP contribution is -1.92. The first-order valence-corrected chi connectivity index (χ1v) is 4.98. The summed E-state index contributed by atoms with van der Waals surface area (Å²) in [5.41, 5.74) is 0. The molecular weight excluding hydrogens is 254 g/mol. The van der Waals surface area contributed by atoms with Gasteiger partial charge in [-0.2, -0.15) is 8.42 Å². The third kappa shape index (κ3) is 2.01. The Labute approximate surface area is 76.6 Å². The summed E-state index contributed by atoms with van der Waals surface area (Å²) in [6.45, 7) is 0. The summed E-state index contributed by atoms with van der Waals surface area (Å²) < 4.78 is 45.3. The molecule has 0 aliphatic rings. The summed E-state index contributed by atoms with van der Waals surface area (Å²) in [5, 5.41) is 0. The minimum atomic E-state index is -4.74. The minimum absolute atomic E-state index is 0.0822. The Morgan fingerprint density at radius 2 is 1.92 bits per heavy atom. The Morgan fingerprint density at radius 1 is 1.33 bits per heavy atom. The van der Waals surface area contributed by atoms with Crippen molar-refractivity contribution in [1.29, 1.82) is 0 Å². The van der Waals surface area contributed by atoms with Crippen LogP contribution in [-0.4, -0.2) is 8.42 Å². The van der Waals surface area contributed by atoms with Crippen molar-refractivity contribution in [2.24, 2.45) is 0 Å². The van der Waals surface area contributed by atoms with Gasteiger partial charge >= 0.3 is 10.2 Å². The van der Waals surface area contributed by atoms with Crippen LogP contribution in [-0.2, 0) is 10.2 Å². The van der Waals surface area contributed by atoms with E-state index in [0.717, 1.165) is 18.2 Å². The van der Waals surface area contributed by atoms with Crippen LogP contribution in [0.3, 0.4) is 0 Å². The van der Waals surface area contributed by atoms with Crippen molar-refractivity contribution in [1.82, 2.24) is 0 Å². The molecule has 1 aromatic rings. The molecule has 0 radical (unpaired) electrons. The van der Waals surface area contributed by atoms with E-state index in [0.29, 0.717) is 0 Å². The predicted molar refractivity (Wildman–Crippen MR) is 42.4 cm³/mol. The van der Waals surface area contributed by atoms with Gasteiger partial charge < -0.3 is 0 Å². The van der Waals surface area contributed by atoms with E-state index < -0.39 is 20.9 Å². The molecule has 0 aliphatic heterocycles. The molecule has 0 atom stereocenters. The Morgan fingerprint density at radius 3 is 2.33 bits per heavy atom. The summed E-state index contributed by atoms with van der Waals surface area (Å²) in [7, 11) is -4.74. The molecule has 0 fully saturated rings. The van der Waals surface area contributed by atoms with E-state index in [1.54, 1.807) is 0 Å². The van der Waals surface area contributed by atoms with Crippen molar-refractivity contribution in [2.75, 3.05) is 0 Å². The molecule has 0 spiro atoms. The summed E-state index contributed by atoms with van der Waals surface area (Å²) in [4.78, 5) is -0.559. The van der Waals surface area contributed by atoms with Gasteiger partial charge in [-0.25, -0.2) is 4.39 Å². The van der Waals surface area contributed by atoms with E-state index in [-0.39, 0.29) is 4.47 Å². The minimum Gasteiger partial charge on any atom is -0.206 e. The second kappa shape index (κ2) is 3.10. The number of hydrogen-bond donors (Lipinski definition) is 0. The first kappa shape index (κ1) is 9.60. The van der Waals surface area contributed by atoms with E-state index in [1.165, 1.54) is 0 Å². The lowest BCUT2D eigenvalue weighted by molar-refractivity contribution is 0.551. The average Bonchev–Trinajstić information content (AvgIpc) is 1.92. The van der Waals surface area contributed by atoms with Gasteiger partial charge in [-0.3, -0.25) is 0 Å². The maximum atomic E-state index is 12.5. The van der Waals surface area contributed by atoms with Crippen LogP contribution in [0.25, 0.3) is 0 Å². The molecule has 0 amide bonds. The van der Waals surface area contributed by atoms with Crippen LogP contribution < -0.4 is 0 Å². The van der Waals surface area contributed by atoms with Crippen molar-refractivity contribution in [3.05, 3.63) is 28.5 Å². The second-order valence-electron chi connectivity index (χ2n) is 2.01. The number of rotatable bonds is 1. The first-order chi connectivity index (χ1) is 5.41. The van der Waals surface area contributed by atoms with Crippen LogP contribution >= 0.6 is 15.9 Å². The van der Waals surface area contributed by atoms with Crippen LogP contribution in [0.4, 0.5) is 8.28 Å². The summed E-state index contributed by atoms with van der Waals surface area (Å²) in [6.07, 6.45) is 0. The maximum Gasteiger partial charge on any atom is 0.332 e. The van der Waals surface area contributed by atoms with Gasteiger partial charge in [0, 0.05) is 0 Å². The highest BCUT2D eigenvalue weighted by atomic mass is 79.9. The molecule has 2 nitrogen and oxygen atoms in total. The summed E-state index contributed by atoms with van der Waals surface area (Å²) in [5.74, 6) is -0.637. The highest BCUT2D eigenvalue weighted by Gasteiger charge is 2.13. The molecule has 1 aromatic carbocycles. The molecule has 0 saturated heterocycles. The van der Waals surface area contributed by atoms with Crippen LogP contribution in [0.15, 0.2) is 27.6 Å². The van der Waals surface area contributed by atoms with Crippen LogP contribution in [0.2, 0.25) is 0 Å². The SMILES string of the molecule is O=S(=O)(F)c1ccc(F)c(Br)c1. The maximum absolute atomic E-state index is 12.5. The van der Waals surface area contributed by atoms with Gasteiger partial charge in [0.1, 0.15) is 5.82 Å². The number of benzene rings is 1. The van der Waals surface area contributed by atoms with E-state index in [1.807, 2.05) is 0 Å². The molecular formula is C6H3BrF2O2S. The van der Waals surface area contributed by atoms with Crippen LogP contribution in [0.5, 0.6) is 0 Å². The van der Waals surface area contributed by atoms with Gasteiger partial charge in [0.25, 0.3) is 0 Å². The highest BCUT2D eigenvalue weighted by Crippen LogP contribution is 2.20. The molecule has 0 N–H and O–H groups in total. The molecule has 0 aliphatic carbocycles. The second-order valence-corrected chi connectivity index (χ2v) is 4.22. The smallest absolute Gasteiger partial charge is 0.206 e. The van der Waals surface area contributed by atoms with Crippen molar-refractivity contribution in [3.8, 4) is 0 Å². The third-order valence-corrected chi connectivity index (χ3v) is 2.60. The molecule has 12 heavy (non-hydrogen) atoms. The summed E-state index contributed by atoms with van der Waals surface area (Å²) in [6, 6.07) is 2.59. The predicted octanol–water partition coefficient (Wildman–Crippen LogP) is 2.25. The Bertz CT molecular complexity index is 402. The molecule has 0 heterocycles. The molecule has 1 rings (SSSR count). The third-order valence-electron chi connectivity index (χ3n) is 1.17. The molecule has 0 saturated carbocycles. The van der Waals surface area contributed by atoms with E-state index in [9.17, 15) is 16.7 Å². The molecule has 0 unspecified atom stereocenters. The lowest BCUT2D eigenvalue weighted by atomic mass is 10.3. The van der Waals surface area contributed by atoms with Gasteiger partial charge in [0.05, 0.1) is 9.37 Å². The average molecular weight is 257 g/mol. The number of hydrogen-bond acceptors (Lipinski definition) is 2. The van der Waals surface area contributed by atoms with E-state index >= 15 is 0 Å². The Balaban J connectivity index is 3.33. The van der Waals surface area contributed by atoms with Gasteiger partial charge in [-0.15, -0.1) is 3.89 Å². The lowest BCUT2D eigenvalue weighted by Gasteiger charge is -1.96. The fourth-order valence-electron chi connectivity index (χ4n) is 0.629. The van der Waals surface area contributed by atoms with E-state index in [2.05, 4.69) is 15.9 Å². The standard InChI is InChI=1S/C6H3BrF2O2S/c7-5-3-4(12(9,10)11)1-2-6(5)8/h1-3H. The number of halogens is 3. The summed E-state index contributed by atoms with van der Waals surface area (Å²) >= 11 is 2.73. The van der Waals surface area contributed by atoms with Gasteiger partial charge in [0.15, 0.2) is 0 Å². The van der Waals surface area contributed by atoms with Crippen molar-refractivity contribution in [2.45, 2.75) is 4.90 Å². The van der Waals surface area contributed by atoms with Crippen LogP contribution in [0, 0.1) is 5.82 Å². The zero-order valence-electron chi connectivity index (χ0n) is 5.59. The molecule has 6 heteroatoms. The molecule has 0 aromatic heterocycles. The van der Waals surface area contributed by atoms with Crippen molar-refractivity contribution < 1.29 is 16.7 Å². The molecule has 66 valence electrons. The Kier molecular flexibility index (Phi) is 2.48. The van der Waals surface area contributed by atoms with Crippen molar-refractivity contribution >= 4 is 26.2 Å². The normalized spacial score (nSPS) is 11.6. The van der Waals surface area contributed by atoms with Gasteiger partial charge in [-0.05, 0) is 34.1 Å². The fourth-order valence-corrected chi connectivity index (χ4v) is 1.65. The van der Waals surface area contributed by atoms with Crippen molar-refractivity contribution in [3.63, 3.8) is 0 Å². The first-order valence-electron chi connectivity index (χ1n) is 2.81. The van der Waals surface area contributed by atoms with Gasteiger partial charge in [-0.1, -0.05) is 0 Å². The highest BCUT2D eigenvalue weighted by molar-refractivity contribution is 9.10. The topological polar surface area (TPSA) is 34.1 Å². The van der Waals surface area contributed by atoms with Gasteiger partial charge in [0.2, 0.25) is 0 Å². The zero-order valence-corrected chi connectivity index (χ0v) is 7.99. The monoisotopic (exact) mass is 256 g/mol. The van der Waals surface area contributed by atoms with E-state index in [4.69, 9.17) is 0 Å². The van der Waals surface area contributed by atoms with Crippen LogP contribution in [0.1, 0.15) is 0 Å². The zero-order chi connectivity index (χ0) is 9.35.